The summed E-state index contributed by atoms with van der Waals surface area (Å²) in [6.07, 6.45) is 3.65. The molecule has 0 aromatic carbocycles. The molecular formula is C15H27N5O. The molecule has 0 bridgehead atoms. The number of hydrazine groups is 1. The molecule has 1 aromatic heterocycles. The van der Waals surface area contributed by atoms with E-state index in [0.29, 0.717) is 36.8 Å². The van der Waals surface area contributed by atoms with Gasteiger partial charge in [0.1, 0.15) is 18.2 Å². The predicted octanol–water partition coefficient (Wildman–Crippen LogP) is 2.31. The van der Waals surface area contributed by atoms with Crippen LogP contribution in [0.5, 0.6) is 0 Å². The lowest BCUT2D eigenvalue weighted by atomic mass is 10.1. The quantitative estimate of drug-likeness (QED) is 0.537. The average Bonchev–Trinajstić information content (AvgIpc) is 3.29. The maximum absolute atomic E-state index is 5.53. The third kappa shape index (κ3) is 4.82. The van der Waals surface area contributed by atoms with Crippen LogP contribution in [0.3, 0.4) is 0 Å². The Bertz CT molecular complexity index is 448. The number of nitrogens with two attached hydrogens (primary N) is 1. The van der Waals surface area contributed by atoms with Gasteiger partial charge in [-0.1, -0.05) is 13.8 Å². The summed E-state index contributed by atoms with van der Waals surface area (Å²) in [6, 6.07) is 2.54. The summed E-state index contributed by atoms with van der Waals surface area (Å²) in [5.41, 5.74) is 2.63. The van der Waals surface area contributed by atoms with Gasteiger partial charge in [-0.3, -0.25) is 0 Å². The first kappa shape index (κ1) is 16.0. The van der Waals surface area contributed by atoms with Crippen molar-refractivity contribution in [1.82, 2.24) is 9.97 Å². The van der Waals surface area contributed by atoms with E-state index < -0.39 is 0 Å². The molecule has 0 saturated heterocycles. The highest BCUT2D eigenvalue weighted by molar-refractivity contribution is 5.50. The van der Waals surface area contributed by atoms with Crippen LogP contribution in [-0.2, 0) is 11.3 Å². The first-order valence-corrected chi connectivity index (χ1v) is 7.83. The molecule has 1 fully saturated rings. The van der Waals surface area contributed by atoms with Gasteiger partial charge in [-0.25, -0.2) is 15.8 Å². The number of nitrogens with zero attached hydrogens (tertiary/aromatic N) is 3. The lowest BCUT2D eigenvalue weighted by Gasteiger charge is -2.25. The van der Waals surface area contributed by atoms with Crippen molar-refractivity contribution in [2.75, 3.05) is 23.5 Å². The Morgan fingerprint density at radius 3 is 2.76 bits per heavy atom. The number of anilines is 2. The van der Waals surface area contributed by atoms with Crippen molar-refractivity contribution in [3.05, 3.63) is 11.9 Å². The Hall–Kier alpha value is -1.40. The zero-order chi connectivity index (χ0) is 15.2. The molecule has 0 aliphatic heterocycles. The Morgan fingerprint density at radius 2 is 2.19 bits per heavy atom. The fraction of sp³-hybridized carbons (Fsp3) is 0.733. The molecule has 1 aliphatic rings. The van der Waals surface area contributed by atoms with Crippen LogP contribution in [0.1, 0.15) is 45.9 Å². The highest BCUT2D eigenvalue weighted by Crippen LogP contribution is 2.32. The second-order valence-electron chi connectivity index (χ2n) is 5.92. The molecule has 0 amide bonds. The van der Waals surface area contributed by atoms with Gasteiger partial charge in [0.25, 0.3) is 0 Å². The van der Waals surface area contributed by atoms with Gasteiger partial charge < -0.3 is 15.1 Å². The molecule has 0 radical (unpaired) electrons. The van der Waals surface area contributed by atoms with E-state index in [4.69, 9.17) is 10.6 Å². The molecule has 0 spiro atoms. The lowest BCUT2D eigenvalue weighted by Crippen LogP contribution is -2.29. The molecule has 0 unspecified atom stereocenters. The maximum Gasteiger partial charge on any atom is 0.158 e. The van der Waals surface area contributed by atoms with Crippen molar-refractivity contribution in [3.8, 4) is 0 Å². The summed E-state index contributed by atoms with van der Waals surface area (Å²) in [5, 5.41) is 0. The fourth-order valence-electron chi connectivity index (χ4n) is 2.23. The van der Waals surface area contributed by atoms with Gasteiger partial charge in [-0.15, -0.1) is 0 Å². The molecule has 6 nitrogen and oxygen atoms in total. The fourth-order valence-corrected chi connectivity index (χ4v) is 2.23. The van der Waals surface area contributed by atoms with E-state index in [1.165, 1.54) is 12.8 Å². The number of ether oxygens (including phenoxy) is 1. The molecule has 1 aliphatic carbocycles. The molecule has 118 valence electrons. The SMILES string of the molecule is CCOCc1nc(NN)cc(N(CCC(C)C)C2CC2)n1. The zero-order valence-corrected chi connectivity index (χ0v) is 13.3. The molecule has 1 aromatic rings. The molecule has 2 rings (SSSR count). The van der Waals surface area contributed by atoms with Crippen LogP contribution < -0.4 is 16.2 Å². The Kier molecular flexibility index (Phi) is 5.76. The molecule has 1 saturated carbocycles. The van der Waals surface area contributed by atoms with Crippen LogP contribution in [-0.4, -0.2) is 29.2 Å². The minimum Gasteiger partial charge on any atom is -0.374 e. The lowest BCUT2D eigenvalue weighted by molar-refractivity contribution is 0.128. The standard InChI is InChI=1S/C15H27N5O/c1-4-21-10-14-17-13(19-16)9-15(18-14)20(12-5-6-12)8-7-11(2)3/h9,11-12H,4-8,10,16H2,1-3H3,(H,17,18,19). The van der Waals surface area contributed by atoms with Gasteiger partial charge in [0.15, 0.2) is 5.82 Å². The number of nitrogens with one attached hydrogen (secondary N) is 1. The van der Waals surface area contributed by atoms with Gasteiger partial charge in [-0.05, 0) is 32.1 Å². The van der Waals surface area contributed by atoms with Gasteiger partial charge in [0.2, 0.25) is 0 Å². The number of nitrogen functional groups attached to an aromatic ring is 1. The van der Waals surface area contributed by atoms with Crippen molar-refractivity contribution in [2.45, 2.75) is 52.7 Å². The van der Waals surface area contributed by atoms with E-state index in [9.17, 15) is 0 Å². The Labute approximate surface area is 127 Å². The van der Waals surface area contributed by atoms with Gasteiger partial charge >= 0.3 is 0 Å². The van der Waals surface area contributed by atoms with Crippen LogP contribution in [0, 0.1) is 5.92 Å². The molecule has 21 heavy (non-hydrogen) atoms. The minimum absolute atomic E-state index is 0.418. The summed E-state index contributed by atoms with van der Waals surface area (Å²) >= 11 is 0. The Morgan fingerprint density at radius 1 is 1.43 bits per heavy atom. The number of rotatable bonds is 9. The van der Waals surface area contributed by atoms with Crippen molar-refractivity contribution in [3.63, 3.8) is 0 Å². The van der Waals surface area contributed by atoms with E-state index >= 15 is 0 Å². The number of hydrogen-bond donors (Lipinski definition) is 2. The third-order valence-corrected chi connectivity index (χ3v) is 3.57. The van der Waals surface area contributed by atoms with Gasteiger partial charge in [0, 0.05) is 25.3 Å². The summed E-state index contributed by atoms with van der Waals surface area (Å²) in [4.78, 5) is 11.4. The van der Waals surface area contributed by atoms with Crippen LogP contribution >= 0.6 is 0 Å². The van der Waals surface area contributed by atoms with Crippen LogP contribution in [0.2, 0.25) is 0 Å². The smallest absolute Gasteiger partial charge is 0.158 e. The monoisotopic (exact) mass is 293 g/mol. The van der Waals surface area contributed by atoms with E-state index in [1.54, 1.807) is 0 Å². The molecule has 6 heteroatoms. The molecule has 0 atom stereocenters. The maximum atomic E-state index is 5.53. The normalized spacial score (nSPS) is 14.5. The van der Waals surface area contributed by atoms with E-state index in [1.807, 2.05) is 13.0 Å². The second kappa shape index (κ2) is 7.56. The van der Waals surface area contributed by atoms with E-state index in [-0.39, 0.29) is 0 Å². The minimum atomic E-state index is 0.418. The predicted molar refractivity (Wildman–Crippen MR) is 85.0 cm³/mol. The van der Waals surface area contributed by atoms with Crippen molar-refractivity contribution >= 4 is 11.6 Å². The summed E-state index contributed by atoms with van der Waals surface area (Å²) in [6.45, 7) is 8.56. The van der Waals surface area contributed by atoms with Crippen LogP contribution in [0.25, 0.3) is 0 Å². The topological polar surface area (TPSA) is 76.3 Å². The van der Waals surface area contributed by atoms with Crippen LogP contribution in [0.4, 0.5) is 11.6 Å². The number of hydrogen-bond acceptors (Lipinski definition) is 6. The second-order valence-corrected chi connectivity index (χ2v) is 5.92. The largest absolute Gasteiger partial charge is 0.374 e. The summed E-state index contributed by atoms with van der Waals surface area (Å²) < 4.78 is 5.42. The molecular weight excluding hydrogens is 266 g/mol. The van der Waals surface area contributed by atoms with Crippen molar-refractivity contribution < 1.29 is 4.74 Å². The first-order valence-electron chi connectivity index (χ1n) is 7.83. The Balaban J connectivity index is 2.17. The number of aromatic nitrogens is 2. The van der Waals surface area contributed by atoms with E-state index in [0.717, 1.165) is 18.8 Å². The zero-order valence-electron chi connectivity index (χ0n) is 13.3. The molecule has 3 N–H and O–H groups in total. The average molecular weight is 293 g/mol. The van der Waals surface area contributed by atoms with Crippen LogP contribution in [0.15, 0.2) is 6.07 Å². The van der Waals surface area contributed by atoms with E-state index in [2.05, 4.69) is 34.1 Å². The highest BCUT2D eigenvalue weighted by atomic mass is 16.5. The first-order chi connectivity index (χ1) is 10.1. The van der Waals surface area contributed by atoms with Crippen molar-refractivity contribution in [2.24, 2.45) is 11.8 Å². The summed E-state index contributed by atoms with van der Waals surface area (Å²) in [7, 11) is 0. The summed E-state index contributed by atoms with van der Waals surface area (Å²) in [5.74, 6) is 8.49. The van der Waals surface area contributed by atoms with Crippen molar-refractivity contribution in [1.29, 1.82) is 0 Å². The highest BCUT2D eigenvalue weighted by Gasteiger charge is 2.30. The van der Waals surface area contributed by atoms with Gasteiger partial charge in [-0.2, -0.15) is 0 Å². The van der Waals surface area contributed by atoms with Gasteiger partial charge in [0.05, 0.1) is 0 Å². The third-order valence-electron chi connectivity index (χ3n) is 3.57. The molecule has 1 heterocycles.